The van der Waals surface area contributed by atoms with E-state index in [4.69, 9.17) is 20.4 Å². The van der Waals surface area contributed by atoms with Crippen molar-refractivity contribution in [1.82, 2.24) is 15.2 Å². The van der Waals surface area contributed by atoms with Gasteiger partial charge in [0.05, 0.1) is 5.75 Å². The number of nitrogens with zero attached hydrogens (tertiary/aromatic N) is 3. The van der Waals surface area contributed by atoms with E-state index in [0.29, 0.717) is 33.4 Å². The van der Waals surface area contributed by atoms with Gasteiger partial charge in [0.2, 0.25) is 11.8 Å². The molecule has 0 N–H and O–H groups in total. The number of hydrogen-bond donors (Lipinski definition) is 0. The second-order valence-electron chi connectivity index (χ2n) is 4.75. The Balaban J connectivity index is 1.49. The van der Waals surface area contributed by atoms with Crippen molar-refractivity contribution in [3.8, 4) is 11.5 Å². The van der Waals surface area contributed by atoms with Crippen molar-refractivity contribution >= 4 is 34.5 Å². The van der Waals surface area contributed by atoms with Gasteiger partial charge in [0.25, 0.3) is 5.22 Å². The van der Waals surface area contributed by atoms with Gasteiger partial charge in [-0.05, 0) is 30.3 Å². The van der Waals surface area contributed by atoms with Gasteiger partial charge in [-0.2, -0.15) is 0 Å². The Morgan fingerprint density at radius 3 is 2.74 bits per heavy atom. The number of fused-ring (bicyclic) bond motifs is 1. The van der Waals surface area contributed by atoms with E-state index in [1.807, 2.05) is 30.3 Å². The highest BCUT2D eigenvalue weighted by Gasteiger charge is 2.11. The van der Waals surface area contributed by atoms with Gasteiger partial charge in [-0.1, -0.05) is 41.6 Å². The highest BCUT2D eigenvalue weighted by atomic mass is 35.5. The zero-order valence-electron chi connectivity index (χ0n) is 11.8. The summed E-state index contributed by atoms with van der Waals surface area (Å²) in [4.78, 5) is 4.38. The second-order valence-corrected chi connectivity index (χ2v) is 6.11. The first-order chi connectivity index (χ1) is 11.3. The molecular weight excluding hydrogens is 334 g/mol. The van der Waals surface area contributed by atoms with Gasteiger partial charge in [-0.25, -0.2) is 4.98 Å². The standard InChI is InChI=1S/C16H10ClN3O2S/c17-11-6-7-13-12(8-11)18-16(21-13)23-9-14-19-20-15(22-14)10-4-2-1-3-5-10/h1-8H,9H2. The van der Waals surface area contributed by atoms with Crippen LogP contribution < -0.4 is 0 Å². The average Bonchev–Trinajstić information content (AvgIpc) is 3.20. The smallest absolute Gasteiger partial charge is 0.257 e. The number of benzene rings is 2. The minimum atomic E-state index is 0.486. The van der Waals surface area contributed by atoms with Crippen LogP contribution in [0.4, 0.5) is 0 Å². The van der Waals surface area contributed by atoms with Crippen LogP contribution in [0.15, 0.2) is 62.6 Å². The van der Waals surface area contributed by atoms with Crippen LogP contribution in [0.3, 0.4) is 0 Å². The summed E-state index contributed by atoms with van der Waals surface area (Å²) in [6, 6.07) is 15.0. The summed E-state index contributed by atoms with van der Waals surface area (Å²) in [5.74, 6) is 1.51. The molecule has 0 saturated heterocycles. The number of oxazole rings is 1. The van der Waals surface area contributed by atoms with Crippen LogP contribution in [0.2, 0.25) is 5.02 Å². The third-order valence-corrected chi connectivity index (χ3v) is 4.18. The summed E-state index contributed by atoms with van der Waals surface area (Å²) >= 11 is 7.34. The molecule has 0 atom stereocenters. The minimum absolute atomic E-state index is 0.486. The zero-order valence-corrected chi connectivity index (χ0v) is 13.3. The Labute approximate surface area is 140 Å². The first kappa shape index (κ1) is 14.3. The van der Waals surface area contributed by atoms with Crippen molar-refractivity contribution in [3.63, 3.8) is 0 Å². The van der Waals surface area contributed by atoms with Crippen LogP contribution in [0.5, 0.6) is 0 Å². The van der Waals surface area contributed by atoms with Crippen LogP contribution in [0, 0.1) is 0 Å². The van der Waals surface area contributed by atoms with Gasteiger partial charge in [-0.3, -0.25) is 0 Å². The Hall–Kier alpha value is -2.31. The molecule has 2 aromatic heterocycles. The van der Waals surface area contributed by atoms with E-state index in [1.54, 1.807) is 18.2 Å². The van der Waals surface area contributed by atoms with Crippen molar-refractivity contribution in [2.24, 2.45) is 0 Å². The maximum atomic E-state index is 5.94. The van der Waals surface area contributed by atoms with E-state index < -0.39 is 0 Å². The van der Waals surface area contributed by atoms with Gasteiger partial charge in [0, 0.05) is 10.6 Å². The normalized spacial score (nSPS) is 11.2. The molecule has 5 nitrogen and oxygen atoms in total. The first-order valence-corrected chi connectivity index (χ1v) is 8.21. The molecule has 2 aromatic carbocycles. The summed E-state index contributed by atoms with van der Waals surface area (Å²) in [6.45, 7) is 0. The van der Waals surface area contributed by atoms with Crippen molar-refractivity contribution in [1.29, 1.82) is 0 Å². The third kappa shape index (κ3) is 3.09. The fraction of sp³-hybridized carbons (Fsp3) is 0.0625. The molecule has 0 aliphatic carbocycles. The van der Waals surface area contributed by atoms with Gasteiger partial charge in [0.1, 0.15) is 5.52 Å². The fourth-order valence-corrected chi connectivity index (χ4v) is 2.92. The summed E-state index contributed by atoms with van der Waals surface area (Å²) < 4.78 is 11.3. The monoisotopic (exact) mass is 343 g/mol. The van der Waals surface area contributed by atoms with Crippen LogP contribution in [0.25, 0.3) is 22.6 Å². The molecule has 0 spiro atoms. The largest absolute Gasteiger partial charge is 0.431 e. The molecule has 114 valence electrons. The van der Waals surface area contributed by atoms with Crippen LogP contribution in [-0.2, 0) is 5.75 Å². The fourth-order valence-electron chi connectivity index (χ4n) is 2.07. The van der Waals surface area contributed by atoms with Gasteiger partial charge in [0.15, 0.2) is 5.58 Å². The van der Waals surface area contributed by atoms with Gasteiger partial charge < -0.3 is 8.83 Å². The molecule has 0 bridgehead atoms. The molecule has 23 heavy (non-hydrogen) atoms. The number of rotatable bonds is 4. The van der Waals surface area contributed by atoms with Gasteiger partial charge in [-0.15, -0.1) is 10.2 Å². The van der Waals surface area contributed by atoms with Crippen LogP contribution >= 0.6 is 23.4 Å². The zero-order chi connectivity index (χ0) is 15.6. The minimum Gasteiger partial charge on any atom is -0.431 e. The van der Waals surface area contributed by atoms with Crippen LogP contribution in [-0.4, -0.2) is 15.2 Å². The van der Waals surface area contributed by atoms with Crippen LogP contribution in [0.1, 0.15) is 5.89 Å². The molecule has 0 fully saturated rings. The van der Waals surface area contributed by atoms with Crippen molar-refractivity contribution in [2.75, 3.05) is 0 Å². The summed E-state index contributed by atoms with van der Waals surface area (Å²) in [7, 11) is 0. The molecule has 0 aliphatic heterocycles. The topological polar surface area (TPSA) is 65.0 Å². The second kappa shape index (κ2) is 6.06. The number of hydrogen-bond acceptors (Lipinski definition) is 6. The Kier molecular flexibility index (Phi) is 3.77. The lowest BCUT2D eigenvalue weighted by Gasteiger charge is -1.92. The Bertz CT molecular complexity index is 952. The number of thioether (sulfide) groups is 1. The predicted molar refractivity (Wildman–Crippen MR) is 88.3 cm³/mol. The van der Waals surface area contributed by atoms with E-state index >= 15 is 0 Å². The Morgan fingerprint density at radius 1 is 1.00 bits per heavy atom. The molecule has 4 rings (SSSR count). The highest BCUT2D eigenvalue weighted by molar-refractivity contribution is 7.98. The van der Waals surface area contributed by atoms with Gasteiger partial charge >= 0.3 is 0 Å². The molecule has 0 amide bonds. The lowest BCUT2D eigenvalue weighted by atomic mass is 10.2. The lowest BCUT2D eigenvalue weighted by molar-refractivity contribution is 0.486. The van der Waals surface area contributed by atoms with Crippen molar-refractivity contribution in [3.05, 3.63) is 59.4 Å². The Morgan fingerprint density at radius 2 is 1.87 bits per heavy atom. The SMILES string of the molecule is Clc1ccc2oc(SCc3nnc(-c4ccccc4)o3)nc2c1. The summed E-state index contributed by atoms with van der Waals surface area (Å²) in [5.41, 5.74) is 2.33. The molecule has 0 aliphatic rings. The average molecular weight is 344 g/mol. The molecule has 0 saturated carbocycles. The van der Waals surface area contributed by atoms with E-state index in [1.165, 1.54) is 11.8 Å². The quantitative estimate of drug-likeness (QED) is 0.495. The molecule has 7 heteroatoms. The highest BCUT2D eigenvalue weighted by Crippen LogP contribution is 2.28. The predicted octanol–water partition coefficient (Wildman–Crippen LogP) is 4.82. The molecule has 4 aromatic rings. The van der Waals surface area contributed by atoms with E-state index in [2.05, 4.69) is 15.2 Å². The lowest BCUT2D eigenvalue weighted by Crippen LogP contribution is -1.80. The summed E-state index contributed by atoms with van der Waals surface area (Å²) in [5, 5.41) is 9.28. The van der Waals surface area contributed by atoms with E-state index in [0.717, 1.165) is 11.1 Å². The maximum absolute atomic E-state index is 5.94. The molecule has 0 radical (unpaired) electrons. The molecular formula is C16H10ClN3O2S. The summed E-state index contributed by atoms with van der Waals surface area (Å²) in [6.07, 6.45) is 0. The number of halogens is 1. The van der Waals surface area contributed by atoms with E-state index in [9.17, 15) is 0 Å². The van der Waals surface area contributed by atoms with Crippen molar-refractivity contribution < 1.29 is 8.83 Å². The third-order valence-electron chi connectivity index (χ3n) is 3.14. The number of aromatic nitrogens is 3. The maximum Gasteiger partial charge on any atom is 0.257 e. The molecule has 0 unspecified atom stereocenters. The first-order valence-electron chi connectivity index (χ1n) is 6.84. The van der Waals surface area contributed by atoms with Crippen molar-refractivity contribution in [2.45, 2.75) is 11.0 Å². The van der Waals surface area contributed by atoms with E-state index in [-0.39, 0.29) is 0 Å². The molecule has 2 heterocycles.